The third-order valence-electron chi connectivity index (χ3n) is 2.72. The number of carboxylic acids is 1. The maximum absolute atomic E-state index is 10.9. The third-order valence-corrected chi connectivity index (χ3v) is 2.72. The van der Waals surface area contributed by atoms with Gasteiger partial charge in [-0.3, -0.25) is 0 Å². The Kier molecular flexibility index (Phi) is 2.42. The lowest BCUT2D eigenvalue weighted by Gasteiger charge is -1.96. The molecule has 2 aromatic heterocycles. The van der Waals surface area contributed by atoms with E-state index in [0.717, 1.165) is 5.56 Å². The fourth-order valence-electron chi connectivity index (χ4n) is 1.81. The SMILES string of the molecule is Nc1cccc(-c2nc3ccc(C(=O)O)cn3n2)c1. The highest BCUT2D eigenvalue weighted by atomic mass is 16.4. The summed E-state index contributed by atoms with van der Waals surface area (Å²) in [4.78, 5) is 15.2. The lowest BCUT2D eigenvalue weighted by Crippen LogP contribution is -1.99. The normalized spacial score (nSPS) is 10.7. The molecule has 0 amide bonds. The number of carbonyl (C=O) groups is 1. The van der Waals surface area contributed by atoms with Crippen molar-refractivity contribution in [3.63, 3.8) is 0 Å². The Labute approximate surface area is 108 Å². The van der Waals surface area contributed by atoms with Crippen molar-refractivity contribution in [3.8, 4) is 11.4 Å². The van der Waals surface area contributed by atoms with Crippen molar-refractivity contribution in [1.29, 1.82) is 0 Å². The van der Waals surface area contributed by atoms with Crippen LogP contribution in [0.4, 0.5) is 5.69 Å². The first-order chi connectivity index (χ1) is 9.13. The third kappa shape index (κ3) is 1.99. The topological polar surface area (TPSA) is 93.5 Å². The van der Waals surface area contributed by atoms with Gasteiger partial charge >= 0.3 is 5.97 Å². The van der Waals surface area contributed by atoms with Gasteiger partial charge < -0.3 is 10.8 Å². The Hall–Kier alpha value is -2.89. The number of nitrogens with two attached hydrogens (primary N) is 1. The molecule has 0 atom stereocenters. The molecule has 0 spiro atoms. The first-order valence-corrected chi connectivity index (χ1v) is 5.59. The Morgan fingerprint density at radius 2 is 2.11 bits per heavy atom. The molecule has 0 saturated heterocycles. The number of carboxylic acid groups (broad SMARTS) is 1. The highest BCUT2D eigenvalue weighted by Crippen LogP contribution is 2.18. The van der Waals surface area contributed by atoms with E-state index < -0.39 is 5.97 Å². The van der Waals surface area contributed by atoms with Crippen molar-refractivity contribution in [3.05, 3.63) is 48.2 Å². The smallest absolute Gasteiger partial charge is 0.337 e. The number of nitrogens with zero attached hydrogens (tertiary/aromatic N) is 3. The first kappa shape index (κ1) is 11.2. The minimum Gasteiger partial charge on any atom is -0.478 e. The Balaban J connectivity index is 2.14. The monoisotopic (exact) mass is 254 g/mol. The molecule has 94 valence electrons. The molecule has 0 saturated carbocycles. The molecule has 2 heterocycles. The number of hydrogen-bond acceptors (Lipinski definition) is 4. The van der Waals surface area contributed by atoms with Gasteiger partial charge in [0.25, 0.3) is 0 Å². The van der Waals surface area contributed by atoms with Crippen molar-refractivity contribution in [2.75, 3.05) is 5.73 Å². The van der Waals surface area contributed by atoms with Crippen molar-refractivity contribution in [1.82, 2.24) is 14.6 Å². The highest BCUT2D eigenvalue weighted by Gasteiger charge is 2.09. The summed E-state index contributed by atoms with van der Waals surface area (Å²) in [6.45, 7) is 0. The van der Waals surface area contributed by atoms with Gasteiger partial charge in [0.1, 0.15) is 0 Å². The number of fused-ring (bicyclic) bond motifs is 1. The van der Waals surface area contributed by atoms with Gasteiger partial charge in [0, 0.05) is 17.4 Å². The van der Waals surface area contributed by atoms with E-state index in [1.54, 1.807) is 18.2 Å². The van der Waals surface area contributed by atoms with Crippen LogP contribution >= 0.6 is 0 Å². The molecule has 19 heavy (non-hydrogen) atoms. The van der Waals surface area contributed by atoms with E-state index in [-0.39, 0.29) is 5.56 Å². The van der Waals surface area contributed by atoms with E-state index >= 15 is 0 Å². The van der Waals surface area contributed by atoms with Crippen LogP contribution in [-0.2, 0) is 0 Å². The standard InChI is InChI=1S/C13H10N4O2/c14-10-3-1-2-8(6-10)12-15-11-5-4-9(13(18)19)7-17(11)16-12/h1-7H,14H2,(H,18,19). The van der Waals surface area contributed by atoms with E-state index in [1.165, 1.54) is 16.8 Å². The molecule has 6 heteroatoms. The minimum absolute atomic E-state index is 0.163. The first-order valence-electron chi connectivity index (χ1n) is 5.59. The average molecular weight is 254 g/mol. The molecule has 6 nitrogen and oxygen atoms in total. The number of pyridine rings is 1. The zero-order chi connectivity index (χ0) is 13.4. The number of rotatable bonds is 2. The second-order valence-electron chi connectivity index (χ2n) is 4.09. The molecule has 0 unspecified atom stereocenters. The number of benzene rings is 1. The van der Waals surface area contributed by atoms with Gasteiger partial charge in [0.2, 0.25) is 0 Å². The fourth-order valence-corrected chi connectivity index (χ4v) is 1.81. The zero-order valence-electron chi connectivity index (χ0n) is 9.82. The van der Waals surface area contributed by atoms with Gasteiger partial charge in [-0.15, -0.1) is 5.10 Å². The van der Waals surface area contributed by atoms with Crippen LogP contribution in [0.15, 0.2) is 42.6 Å². The van der Waals surface area contributed by atoms with Gasteiger partial charge in [-0.25, -0.2) is 14.3 Å². The number of hydrogen-bond donors (Lipinski definition) is 2. The van der Waals surface area contributed by atoms with Gasteiger partial charge in [0.15, 0.2) is 11.5 Å². The van der Waals surface area contributed by atoms with Crippen LogP contribution in [0.2, 0.25) is 0 Å². The molecular formula is C13H10N4O2. The predicted molar refractivity (Wildman–Crippen MR) is 69.8 cm³/mol. The molecule has 0 aliphatic rings. The number of aromatic carboxylic acids is 1. The van der Waals surface area contributed by atoms with Gasteiger partial charge in [-0.05, 0) is 24.3 Å². The molecule has 3 rings (SSSR count). The molecule has 0 radical (unpaired) electrons. The summed E-state index contributed by atoms with van der Waals surface area (Å²) >= 11 is 0. The summed E-state index contributed by atoms with van der Waals surface area (Å²) in [7, 11) is 0. The van der Waals surface area contributed by atoms with Gasteiger partial charge in [-0.1, -0.05) is 12.1 Å². The fraction of sp³-hybridized carbons (Fsp3) is 0. The molecule has 0 aliphatic heterocycles. The van der Waals surface area contributed by atoms with Crippen molar-refractivity contribution >= 4 is 17.3 Å². The number of aromatic nitrogens is 3. The Morgan fingerprint density at radius 3 is 2.84 bits per heavy atom. The Morgan fingerprint density at radius 1 is 1.26 bits per heavy atom. The molecular weight excluding hydrogens is 244 g/mol. The lowest BCUT2D eigenvalue weighted by atomic mass is 10.2. The van der Waals surface area contributed by atoms with Crippen LogP contribution in [0.5, 0.6) is 0 Å². The van der Waals surface area contributed by atoms with Crippen LogP contribution in [0.1, 0.15) is 10.4 Å². The van der Waals surface area contributed by atoms with Crippen LogP contribution in [0.3, 0.4) is 0 Å². The molecule has 3 N–H and O–H groups in total. The van der Waals surface area contributed by atoms with Crippen LogP contribution in [0, 0.1) is 0 Å². The van der Waals surface area contributed by atoms with Crippen LogP contribution in [0.25, 0.3) is 17.0 Å². The summed E-state index contributed by atoms with van der Waals surface area (Å²) in [6.07, 6.45) is 1.43. The summed E-state index contributed by atoms with van der Waals surface area (Å²) in [5, 5.41) is 13.2. The molecule has 0 fully saturated rings. The second kappa shape index (κ2) is 4.09. The maximum Gasteiger partial charge on any atom is 0.337 e. The Bertz CT molecular complexity index is 779. The van der Waals surface area contributed by atoms with Crippen LogP contribution < -0.4 is 5.73 Å². The lowest BCUT2D eigenvalue weighted by molar-refractivity contribution is 0.0696. The minimum atomic E-state index is -0.997. The summed E-state index contributed by atoms with van der Waals surface area (Å²) in [5.41, 5.74) is 7.88. The van der Waals surface area contributed by atoms with E-state index in [9.17, 15) is 4.79 Å². The molecule has 0 aliphatic carbocycles. The average Bonchev–Trinajstić information content (AvgIpc) is 2.81. The van der Waals surface area contributed by atoms with E-state index in [0.29, 0.717) is 17.2 Å². The number of nitrogen functional groups attached to an aromatic ring is 1. The summed E-state index contributed by atoms with van der Waals surface area (Å²) in [6, 6.07) is 10.3. The predicted octanol–water partition coefficient (Wildman–Crippen LogP) is 1.68. The largest absolute Gasteiger partial charge is 0.478 e. The van der Waals surface area contributed by atoms with E-state index in [2.05, 4.69) is 10.1 Å². The second-order valence-corrected chi connectivity index (χ2v) is 4.09. The number of anilines is 1. The van der Waals surface area contributed by atoms with Gasteiger partial charge in [0.05, 0.1) is 5.56 Å². The molecule has 3 aromatic rings. The molecule has 1 aromatic carbocycles. The summed E-state index contributed by atoms with van der Waals surface area (Å²) < 4.78 is 1.45. The quantitative estimate of drug-likeness (QED) is 0.678. The van der Waals surface area contributed by atoms with Crippen molar-refractivity contribution in [2.45, 2.75) is 0 Å². The molecule has 0 bridgehead atoms. The van der Waals surface area contributed by atoms with Crippen molar-refractivity contribution < 1.29 is 9.90 Å². The van der Waals surface area contributed by atoms with Crippen molar-refractivity contribution in [2.24, 2.45) is 0 Å². The van der Waals surface area contributed by atoms with E-state index in [4.69, 9.17) is 10.8 Å². The maximum atomic E-state index is 10.9. The zero-order valence-corrected chi connectivity index (χ0v) is 9.82. The van der Waals surface area contributed by atoms with E-state index in [1.807, 2.05) is 12.1 Å². The van der Waals surface area contributed by atoms with Gasteiger partial charge in [-0.2, -0.15) is 0 Å². The summed E-state index contributed by atoms with van der Waals surface area (Å²) in [5.74, 6) is -0.488. The highest BCUT2D eigenvalue weighted by molar-refractivity contribution is 5.87. The van der Waals surface area contributed by atoms with Crippen LogP contribution in [-0.4, -0.2) is 25.7 Å².